The van der Waals surface area contributed by atoms with E-state index in [4.69, 9.17) is 4.42 Å². The number of carbonyl (C=O) groups excluding carboxylic acids is 1. The number of carbonyl (C=O) groups is 1. The van der Waals surface area contributed by atoms with Crippen LogP contribution in [0.2, 0.25) is 0 Å². The van der Waals surface area contributed by atoms with Gasteiger partial charge in [-0.15, -0.1) is 11.3 Å². The van der Waals surface area contributed by atoms with E-state index in [1.807, 2.05) is 18.3 Å². The van der Waals surface area contributed by atoms with Crippen LogP contribution in [-0.2, 0) is 6.54 Å². The summed E-state index contributed by atoms with van der Waals surface area (Å²) in [5, 5.41) is 31.7. The Morgan fingerprint density at radius 1 is 1.24 bits per heavy atom. The van der Waals surface area contributed by atoms with Crippen LogP contribution in [0.3, 0.4) is 0 Å². The first-order valence-corrected chi connectivity index (χ1v) is 12.3. The first-order valence-electron chi connectivity index (χ1n) is 11.4. The maximum absolute atomic E-state index is 13.2. The molecule has 0 aliphatic heterocycles. The van der Waals surface area contributed by atoms with Gasteiger partial charge >= 0.3 is 0 Å². The highest BCUT2D eigenvalue weighted by molar-refractivity contribution is 7.13. The van der Waals surface area contributed by atoms with E-state index < -0.39 is 16.4 Å². The number of fused-ring (bicyclic) bond motifs is 1. The van der Waals surface area contributed by atoms with Gasteiger partial charge in [0.25, 0.3) is 11.6 Å². The minimum atomic E-state index is -0.809. The minimum absolute atomic E-state index is 0.0418. The van der Waals surface area contributed by atoms with Crippen LogP contribution in [0.4, 0.5) is 11.4 Å². The summed E-state index contributed by atoms with van der Waals surface area (Å²) < 4.78 is 7.04. The van der Waals surface area contributed by atoms with Gasteiger partial charge in [0, 0.05) is 58.0 Å². The number of hydrogen-bond donors (Lipinski definition) is 2. The summed E-state index contributed by atoms with van der Waals surface area (Å²) in [6, 6.07) is 11.7. The Kier molecular flexibility index (Phi) is 6.32. The Morgan fingerprint density at radius 2 is 2.08 bits per heavy atom. The molecule has 0 aliphatic rings. The number of thiazole rings is 1. The first-order chi connectivity index (χ1) is 17.7. The topological polar surface area (TPSA) is 136 Å². The lowest BCUT2D eigenvalue weighted by Gasteiger charge is -2.16. The number of benzene rings is 2. The number of nitro groups is 1. The van der Waals surface area contributed by atoms with Gasteiger partial charge < -0.3 is 14.8 Å². The molecule has 5 aromatic rings. The molecule has 37 heavy (non-hydrogen) atoms. The van der Waals surface area contributed by atoms with Crippen LogP contribution in [0, 0.1) is 10.1 Å². The maximum atomic E-state index is 13.2. The van der Waals surface area contributed by atoms with Crippen molar-refractivity contribution in [3.63, 3.8) is 0 Å². The number of rotatable bonds is 8. The van der Waals surface area contributed by atoms with Gasteiger partial charge in [0.15, 0.2) is 0 Å². The molecule has 5 rings (SSSR count). The highest BCUT2D eigenvalue weighted by Gasteiger charge is 2.18. The summed E-state index contributed by atoms with van der Waals surface area (Å²) >= 11 is 1.23. The van der Waals surface area contributed by atoms with Crippen molar-refractivity contribution < 1.29 is 19.2 Å². The monoisotopic (exact) mass is 517 g/mol. The van der Waals surface area contributed by atoms with Crippen molar-refractivity contribution in [2.45, 2.75) is 32.4 Å². The van der Waals surface area contributed by atoms with Crippen LogP contribution in [0.25, 0.3) is 32.6 Å². The molecule has 3 heterocycles. The molecule has 11 heteroatoms. The van der Waals surface area contributed by atoms with Gasteiger partial charge in [0.05, 0.1) is 28.6 Å². The lowest BCUT2D eigenvalue weighted by molar-refractivity contribution is -0.384. The van der Waals surface area contributed by atoms with Crippen molar-refractivity contribution in [2.24, 2.45) is 0 Å². The van der Waals surface area contributed by atoms with Crippen molar-refractivity contribution in [3.05, 3.63) is 82.4 Å². The molecule has 0 saturated heterocycles. The fourth-order valence-corrected chi connectivity index (χ4v) is 4.63. The van der Waals surface area contributed by atoms with Crippen LogP contribution in [0.5, 0.6) is 0 Å². The maximum Gasteiger partial charge on any atom is 0.275 e. The van der Waals surface area contributed by atoms with E-state index in [9.17, 15) is 20.0 Å². The van der Waals surface area contributed by atoms with E-state index >= 15 is 0 Å². The predicted octanol–water partition coefficient (Wildman–Crippen LogP) is 5.74. The van der Waals surface area contributed by atoms with Crippen LogP contribution in [0.1, 0.15) is 30.8 Å². The number of amides is 1. The summed E-state index contributed by atoms with van der Waals surface area (Å²) in [6.45, 7) is 4.05. The molecule has 0 unspecified atom stereocenters. The number of aliphatic hydroxyl groups is 1. The van der Waals surface area contributed by atoms with E-state index in [1.54, 1.807) is 54.6 Å². The Labute approximate surface area is 215 Å². The van der Waals surface area contributed by atoms with E-state index in [-0.39, 0.29) is 11.4 Å². The van der Waals surface area contributed by atoms with Gasteiger partial charge in [-0.3, -0.25) is 19.6 Å². The third kappa shape index (κ3) is 5.42. The van der Waals surface area contributed by atoms with E-state index in [1.165, 1.54) is 23.5 Å². The van der Waals surface area contributed by atoms with Gasteiger partial charge in [-0.2, -0.15) is 5.10 Å². The molecule has 0 spiro atoms. The third-order valence-electron chi connectivity index (χ3n) is 5.76. The molecule has 1 amide bonds. The van der Waals surface area contributed by atoms with E-state index in [2.05, 4.69) is 15.4 Å². The average molecular weight is 518 g/mol. The van der Waals surface area contributed by atoms with E-state index in [0.717, 1.165) is 22.0 Å². The number of aromatic nitrogens is 3. The smallest absolute Gasteiger partial charge is 0.275 e. The number of nitro benzene ring substituents is 1. The largest absolute Gasteiger partial charge is 0.472 e. The zero-order valence-corrected chi connectivity index (χ0v) is 20.9. The number of non-ortho nitro benzene ring substituents is 1. The molecule has 3 aromatic heterocycles. The van der Waals surface area contributed by atoms with Crippen molar-refractivity contribution >= 4 is 39.5 Å². The van der Waals surface area contributed by atoms with Gasteiger partial charge in [-0.25, -0.2) is 4.98 Å². The molecule has 0 bridgehead atoms. The van der Waals surface area contributed by atoms with Crippen molar-refractivity contribution in [1.29, 1.82) is 0 Å². The standard InChI is InChI=1S/C26H23N5O5S/c1-26(2,33)7-8-30-13-18-11-22(20(12-21(18)29-30)17-6-9-36-14-17)27-24(32)23-15-37-25(28-23)16-4-3-5-19(10-16)31(34)35/h3-6,9-15,33H,7-8H2,1-2H3,(H,27,32). The molecule has 2 N–H and O–H groups in total. The Hall–Kier alpha value is -4.35. The van der Waals surface area contributed by atoms with Crippen molar-refractivity contribution in [1.82, 2.24) is 14.8 Å². The highest BCUT2D eigenvalue weighted by atomic mass is 32.1. The second-order valence-electron chi connectivity index (χ2n) is 9.22. The molecular formula is C26H23N5O5S. The predicted molar refractivity (Wildman–Crippen MR) is 141 cm³/mol. The summed E-state index contributed by atoms with van der Waals surface area (Å²) in [7, 11) is 0. The fourth-order valence-electron chi connectivity index (χ4n) is 3.83. The summed E-state index contributed by atoms with van der Waals surface area (Å²) in [6.07, 6.45) is 5.55. The lowest BCUT2D eigenvalue weighted by atomic mass is 10.0. The van der Waals surface area contributed by atoms with Gasteiger partial charge in [-0.1, -0.05) is 12.1 Å². The lowest BCUT2D eigenvalue weighted by Crippen LogP contribution is -2.21. The third-order valence-corrected chi connectivity index (χ3v) is 6.66. The molecule has 2 aromatic carbocycles. The van der Waals surface area contributed by atoms with Crippen molar-refractivity contribution in [2.75, 3.05) is 5.32 Å². The van der Waals surface area contributed by atoms with Gasteiger partial charge in [0.2, 0.25) is 0 Å². The first kappa shape index (κ1) is 24.3. The second kappa shape index (κ2) is 9.60. The minimum Gasteiger partial charge on any atom is -0.472 e. The molecule has 0 aliphatic carbocycles. The zero-order valence-electron chi connectivity index (χ0n) is 20.0. The van der Waals surface area contributed by atoms with Crippen LogP contribution in [0.15, 0.2) is 71.0 Å². The molecule has 188 valence electrons. The number of nitrogens with zero attached hydrogens (tertiary/aromatic N) is 4. The Morgan fingerprint density at radius 3 is 2.81 bits per heavy atom. The molecule has 0 atom stereocenters. The number of nitrogens with one attached hydrogen (secondary N) is 1. The summed E-state index contributed by atoms with van der Waals surface area (Å²) in [5.41, 5.74) is 2.73. The molecule has 0 radical (unpaired) electrons. The van der Waals surface area contributed by atoms with Crippen LogP contribution < -0.4 is 5.32 Å². The molecule has 0 saturated carbocycles. The van der Waals surface area contributed by atoms with Crippen LogP contribution in [-0.4, -0.2) is 36.3 Å². The number of aryl methyl sites for hydroxylation is 1. The Bertz CT molecular complexity index is 1600. The number of hydrogen-bond acceptors (Lipinski definition) is 8. The zero-order chi connectivity index (χ0) is 26.2. The Balaban J connectivity index is 1.44. The van der Waals surface area contributed by atoms with Gasteiger partial charge in [-0.05, 0) is 38.5 Å². The van der Waals surface area contributed by atoms with Gasteiger partial charge in [0.1, 0.15) is 10.7 Å². The molecule has 10 nitrogen and oxygen atoms in total. The molecule has 0 fully saturated rings. The quantitative estimate of drug-likeness (QED) is 0.198. The number of furan rings is 1. The summed E-state index contributed by atoms with van der Waals surface area (Å²) in [4.78, 5) is 28.2. The highest BCUT2D eigenvalue weighted by Crippen LogP contribution is 2.34. The SMILES string of the molecule is CC(C)(O)CCn1cc2cc(NC(=O)c3csc(-c4cccc([N+](=O)[O-])c4)n3)c(-c3ccoc3)cc2n1. The average Bonchev–Trinajstić information content (AvgIpc) is 3.62. The van der Waals surface area contributed by atoms with E-state index in [0.29, 0.717) is 29.2 Å². The normalized spacial score (nSPS) is 11.6. The van der Waals surface area contributed by atoms with Crippen molar-refractivity contribution in [3.8, 4) is 21.7 Å². The summed E-state index contributed by atoms with van der Waals surface area (Å²) in [5.74, 6) is -0.411. The number of anilines is 1. The van der Waals surface area contributed by atoms with Crippen LogP contribution >= 0.6 is 11.3 Å². The second-order valence-corrected chi connectivity index (χ2v) is 10.1. The molecular weight excluding hydrogens is 494 g/mol. The fraction of sp³-hybridized carbons (Fsp3) is 0.192.